The number of carbonyl (C=O) groups is 1. The number of hydrogen-bond acceptors (Lipinski definition) is 4. The van der Waals surface area contributed by atoms with Gasteiger partial charge in [-0.25, -0.2) is 8.42 Å². The molecule has 21 heavy (non-hydrogen) atoms. The molecule has 2 saturated carbocycles. The molecule has 2 aliphatic carbocycles. The monoisotopic (exact) mass is 325 g/mol. The summed E-state index contributed by atoms with van der Waals surface area (Å²) in [5.74, 6) is 0.724. The van der Waals surface area contributed by atoms with Gasteiger partial charge in [-0.2, -0.15) is 0 Å². The summed E-state index contributed by atoms with van der Waals surface area (Å²) in [6.45, 7) is 0.874. The molecule has 1 aromatic heterocycles. The molecule has 2 heterocycles. The SMILES string of the molecule is CS(=O)(=O)c1ccc(C(=O)N2CC3(CCC3)[C@@H]2C2CC2)s1. The Labute approximate surface area is 129 Å². The summed E-state index contributed by atoms with van der Waals surface area (Å²) in [7, 11) is -3.22. The summed E-state index contributed by atoms with van der Waals surface area (Å²) in [6, 6.07) is 3.64. The Hall–Kier alpha value is -0.880. The molecule has 1 amide bonds. The third kappa shape index (κ3) is 2.06. The van der Waals surface area contributed by atoms with Gasteiger partial charge in [0.25, 0.3) is 5.91 Å². The van der Waals surface area contributed by atoms with Crippen LogP contribution in [0.3, 0.4) is 0 Å². The maximum atomic E-state index is 12.7. The molecular formula is C15H19NO3S2. The molecule has 1 aromatic rings. The van der Waals surface area contributed by atoms with E-state index in [1.54, 1.807) is 12.1 Å². The first kappa shape index (κ1) is 13.8. The minimum absolute atomic E-state index is 0.0318. The number of likely N-dealkylation sites (tertiary alicyclic amines) is 1. The number of amides is 1. The van der Waals surface area contributed by atoms with E-state index in [4.69, 9.17) is 0 Å². The van der Waals surface area contributed by atoms with Gasteiger partial charge >= 0.3 is 0 Å². The predicted molar refractivity (Wildman–Crippen MR) is 81.3 cm³/mol. The molecule has 1 spiro atoms. The largest absolute Gasteiger partial charge is 0.333 e. The van der Waals surface area contributed by atoms with Crippen LogP contribution in [0.1, 0.15) is 41.8 Å². The summed E-state index contributed by atoms with van der Waals surface area (Å²) in [5, 5.41) is 0. The lowest BCUT2D eigenvalue weighted by Gasteiger charge is -2.63. The highest BCUT2D eigenvalue weighted by Gasteiger charge is 2.61. The number of rotatable bonds is 3. The second-order valence-electron chi connectivity index (χ2n) is 6.82. The minimum Gasteiger partial charge on any atom is -0.333 e. The first-order valence-electron chi connectivity index (χ1n) is 7.52. The van der Waals surface area contributed by atoms with E-state index in [0.717, 1.165) is 17.9 Å². The van der Waals surface area contributed by atoms with Crippen LogP contribution in [0.4, 0.5) is 0 Å². The molecular weight excluding hydrogens is 306 g/mol. The van der Waals surface area contributed by atoms with Crippen molar-refractivity contribution in [3.63, 3.8) is 0 Å². The van der Waals surface area contributed by atoms with E-state index in [0.29, 0.717) is 22.3 Å². The van der Waals surface area contributed by atoms with Crippen LogP contribution in [-0.2, 0) is 9.84 Å². The third-order valence-electron chi connectivity index (χ3n) is 5.28. The van der Waals surface area contributed by atoms with Crippen molar-refractivity contribution in [1.82, 2.24) is 4.90 Å². The smallest absolute Gasteiger partial charge is 0.264 e. The molecule has 0 radical (unpaired) electrons. The Bertz CT molecular complexity index is 698. The lowest BCUT2D eigenvalue weighted by Crippen LogP contribution is -2.69. The Kier molecular flexibility index (Phi) is 2.83. The average Bonchev–Trinajstić information content (AvgIpc) is 2.99. The fourth-order valence-electron chi connectivity index (χ4n) is 3.97. The quantitative estimate of drug-likeness (QED) is 0.858. The molecule has 0 N–H and O–H groups in total. The molecule has 1 atom stereocenters. The van der Waals surface area contributed by atoms with Gasteiger partial charge in [0.05, 0.1) is 4.88 Å². The number of sulfone groups is 1. The van der Waals surface area contributed by atoms with Crippen LogP contribution >= 0.6 is 11.3 Å². The molecule has 4 rings (SSSR count). The van der Waals surface area contributed by atoms with E-state index in [9.17, 15) is 13.2 Å². The van der Waals surface area contributed by atoms with Gasteiger partial charge in [-0.1, -0.05) is 6.42 Å². The second kappa shape index (κ2) is 4.32. The lowest BCUT2D eigenvalue weighted by molar-refractivity contribution is -0.111. The number of hydrogen-bond donors (Lipinski definition) is 0. The van der Waals surface area contributed by atoms with Crippen molar-refractivity contribution in [1.29, 1.82) is 0 Å². The van der Waals surface area contributed by atoms with Gasteiger partial charge in [0.15, 0.2) is 9.84 Å². The summed E-state index contributed by atoms with van der Waals surface area (Å²) in [4.78, 5) is 15.3. The fraction of sp³-hybridized carbons (Fsp3) is 0.667. The maximum Gasteiger partial charge on any atom is 0.264 e. The number of nitrogens with zero attached hydrogens (tertiary/aromatic N) is 1. The van der Waals surface area contributed by atoms with Crippen LogP contribution in [0, 0.1) is 11.3 Å². The van der Waals surface area contributed by atoms with E-state index in [-0.39, 0.29) is 10.1 Å². The minimum atomic E-state index is -3.22. The first-order valence-corrected chi connectivity index (χ1v) is 10.2. The topological polar surface area (TPSA) is 54.5 Å². The van der Waals surface area contributed by atoms with Crippen LogP contribution < -0.4 is 0 Å². The van der Waals surface area contributed by atoms with Crippen molar-refractivity contribution >= 4 is 27.1 Å². The average molecular weight is 325 g/mol. The molecule has 1 aliphatic heterocycles. The zero-order chi connectivity index (χ0) is 14.8. The number of carbonyl (C=O) groups excluding carboxylic acids is 1. The molecule has 3 aliphatic rings. The number of thiophene rings is 1. The van der Waals surface area contributed by atoms with Gasteiger partial charge in [0.2, 0.25) is 0 Å². The van der Waals surface area contributed by atoms with Crippen molar-refractivity contribution < 1.29 is 13.2 Å². The maximum absolute atomic E-state index is 12.7. The van der Waals surface area contributed by atoms with Gasteiger partial charge < -0.3 is 4.90 Å². The van der Waals surface area contributed by atoms with E-state index < -0.39 is 9.84 Å². The summed E-state index contributed by atoms with van der Waals surface area (Å²) >= 11 is 1.11. The van der Waals surface area contributed by atoms with Crippen molar-refractivity contribution in [2.45, 2.75) is 42.4 Å². The van der Waals surface area contributed by atoms with Crippen LogP contribution in [0.25, 0.3) is 0 Å². The molecule has 1 saturated heterocycles. The van der Waals surface area contributed by atoms with E-state index in [2.05, 4.69) is 0 Å². The van der Waals surface area contributed by atoms with Crippen molar-refractivity contribution in [3.8, 4) is 0 Å². The predicted octanol–water partition coefficient (Wildman–Crippen LogP) is 2.56. The van der Waals surface area contributed by atoms with Gasteiger partial charge in [-0.05, 0) is 43.7 Å². The highest BCUT2D eigenvalue weighted by atomic mass is 32.2. The third-order valence-corrected chi connectivity index (χ3v) is 8.18. The molecule has 0 aromatic carbocycles. The van der Waals surface area contributed by atoms with Gasteiger partial charge in [-0.15, -0.1) is 11.3 Å². The summed E-state index contributed by atoms with van der Waals surface area (Å²) < 4.78 is 23.4. The van der Waals surface area contributed by atoms with Crippen LogP contribution in [-0.4, -0.2) is 38.1 Å². The van der Waals surface area contributed by atoms with E-state index in [1.165, 1.54) is 38.4 Å². The van der Waals surface area contributed by atoms with E-state index >= 15 is 0 Å². The van der Waals surface area contributed by atoms with Crippen molar-refractivity contribution in [2.75, 3.05) is 12.8 Å². The molecule has 0 bridgehead atoms. The highest BCUT2D eigenvalue weighted by molar-refractivity contribution is 7.92. The van der Waals surface area contributed by atoms with Crippen molar-refractivity contribution in [2.24, 2.45) is 11.3 Å². The fourth-order valence-corrected chi connectivity index (χ4v) is 5.86. The standard InChI is InChI=1S/C15H19NO3S2/c1-21(18,19)12-6-5-11(20-12)14(17)16-9-15(7-2-8-15)13(16)10-3-4-10/h5-6,10,13H,2-4,7-9H2,1H3/t13-/m0/s1. The van der Waals surface area contributed by atoms with Gasteiger partial charge in [-0.3, -0.25) is 4.79 Å². The zero-order valence-electron chi connectivity index (χ0n) is 12.0. The normalized spacial score (nSPS) is 27.3. The van der Waals surface area contributed by atoms with E-state index in [1.807, 2.05) is 4.90 Å². The molecule has 0 unspecified atom stereocenters. The van der Waals surface area contributed by atoms with Gasteiger partial charge in [0, 0.05) is 24.3 Å². The lowest BCUT2D eigenvalue weighted by atomic mass is 9.56. The molecule has 4 nitrogen and oxygen atoms in total. The molecule has 114 valence electrons. The Balaban J connectivity index is 1.56. The molecule has 6 heteroatoms. The Morgan fingerprint density at radius 3 is 2.52 bits per heavy atom. The van der Waals surface area contributed by atoms with Crippen LogP contribution in [0.2, 0.25) is 0 Å². The summed E-state index contributed by atoms with van der Waals surface area (Å²) in [5.41, 5.74) is 0.410. The Morgan fingerprint density at radius 1 is 1.33 bits per heavy atom. The zero-order valence-corrected chi connectivity index (χ0v) is 13.7. The first-order chi connectivity index (χ1) is 9.91. The van der Waals surface area contributed by atoms with Crippen LogP contribution in [0.5, 0.6) is 0 Å². The highest BCUT2D eigenvalue weighted by Crippen LogP contribution is 2.60. The second-order valence-corrected chi connectivity index (χ2v) is 10.1. The van der Waals surface area contributed by atoms with Crippen LogP contribution in [0.15, 0.2) is 16.3 Å². The van der Waals surface area contributed by atoms with Gasteiger partial charge in [0.1, 0.15) is 4.21 Å². The van der Waals surface area contributed by atoms with Crippen molar-refractivity contribution in [3.05, 3.63) is 17.0 Å². The summed E-state index contributed by atoms with van der Waals surface area (Å²) in [6.07, 6.45) is 7.49. The molecule has 3 fully saturated rings. The Morgan fingerprint density at radius 2 is 2.05 bits per heavy atom.